The van der Waals surface area contributed by atoms with E-state index in [1.54, 1.807) is 0 Å². The van der Waals surface area contributed by atoms with E-state index in [2.05, 4.69) is 47.4 Å². The van der Waals surface area contributed by atoms with Gasteiger partial charge < -0.3 is 4.90 Å². The zero-order valence-corrected chi connectivity index (χ0v) is 15.0. The van der Waals surface area contributed by atoms with Crippen molar-refractivity contribution in [1.82, 2.24) is 9.80 Å². The maximum absolute atomic E-state index is 13.0. The van der Waals surface area contributed by atoms with Crippen LogP contribution in [0.25, 0.3) is 10.8 Å². The van der Waals surface area contributed by atoms with Crippen LogP contribution in [-0.2, 0) is 6.54 Å². The average molecular weight is 344 g/mol. The SMILES string of the molecule is O=C(c1ccc2ccccc2c1)N1CCCN(Cc2ccccc2)CC1. The van der Waals surface area contributed by atoms with Crippen LogP contribution >= 0.6 is 0 Å². The lowest BCUT2D eigenvalue weighted by Gasteiger charge is -2.22. The van der Waals surface area contributed by atoms with E-state index in [-0.39, 0.29) is 5.91 Å². The molecule has 3 aromatic carbocycles. The van der Waals surface area contributed by atoms with Crippen molar-refractivity contribution in [3.8, 4) is 0 Å². The molecule has 3 nitrogen and oxygen atoms in total. The van der Waals surface area contributed by atoms with Crippen LogP contribution in [0.3, 0.4) is 0 Å². The molecule has 0 N–H and O–H groups in total. The number of hydrogen-bond donors (Lipinski definition) is 0. The van der Waals surface area contributed by atoms with Gasteiger partial charge in [-0.15, -0.1) is 0 Å². The molecule has 3 heteroatoms. The first-order valence-corrected chi connectivity index (χ1v) is 9.34. The number of amides is 1. The fourth-order valence-electron chi connectivity index (χ4n) is 3.68. The molecule has 132 valence electrons. The van der Waals surface area contributed by atoms with Gasteiger partial charge in [-0.1, -0.05) is 60.7 Å². The molecule has 0 saturated carbocycles. The third kappa shape index (κ3) is 3.78. The molecule has 1 saturated heterocycles. The van der Waals surface area contributed by atoms with Crippen LogP contribution in [0.5, 0.6) is 0 Å². The van der Waals surface area contributed by atoms with E-state index in [1.165, 1.54) is 10.9 Å². The van der Waals surface area contributed by atoms with E-state index >= 15 is 0 Å². The van der Waals surface area contributed by atoms with Crippen molar-refractivity contribution < 1.29 is 4.79 Å². The fourth-order valence-corrected chi connectivity index (χ4v) is 3.68. The summed E-state index contributed by atoms with van der Waals surface area (Å²) in [4.78, 5) is 17.4. The molecule has 1 aliphatic rings. The summed E-state index contributed by atoms with van der Waals surface area (Å²) < 4.78 is 0. The van der Waals surface area contributed by atoms with Gasteiger partial charge in [0.1, 0.15) is 0 Å². The Kier molecular flexibility index (Phi) is 4.98. The minimum Gasteiger partial charge on any atom is -0.337 e. The van der Waals surface area contributed by atoms with E-state index in [9.17, 15) is 4.79 Å². The van der Waals surface area contributed by atoms with Gasteiger partial charge in [0, 0.05) is 38.3 Å². The van der Waals surface area contributed by atoms with Crippen LogP contribution in [-0.4, -0.2) is 41.9 Å². The highest BCUT2D eigenvalue weighted by atomic mass is 16.2. The van der Waals surface area contributed by atoms with Gasteiger partial charge in [-0.3, -0.25) is 9.69 Å². The van der Waals surface area contributed by atoms with Crippen molar-refractivity contribution in [2.75, 3.05) is 26.2 Å². The average Bonchev–Trinajstić information content (AvgIpc) is 2.93. The normalized spacial score (nSPS) is 15.8. The predicted molar refractivity (Wildman–Crippen MR) is 106 cm³/mol. The van der Waals surface area contributed by atoms with Gasteiger partial charge in [-0.25, -0.2) is 0 Å². The second kappa shape index (κ2) is 7.71. The number of hydrogen-bond acceptors (Lipinski definition) is 2. The molecule has 0 aromatic heterocycles. The van der Waals surface area contributed by atoms with Crippen LogP contribution in [0.4, 0.5) is 0 Å². The van der Waals surface area contributed by atoms with Crippen LogP contribution in [0.15, 0.2) is 72.8 Å². The second-order valence-corrected chi connectivity index (χ2v) is 6.97. The minimum atomic E-state index is 0.150. The lowest BCUT2D eigenvalue weighted by atomic mass is 10.1. The molecule has 3 aromatic rings. The van der Waals surface area contributed by atoms with Crippen LogP contribution in [0, 0.1) is 0 Å². The highest BCUT2D eigenvalue weighted by Crippen LogP contribution is 2.18. The molecule has 4 rings (SSSR count). The Hall–Kier alpha value is -2.65. The minimum absolute atomic E-state index is 0.150. The predicted octanol–water partition coefficient (Wildman–Crippen LogP) is 4.19. The molecule has 0 aliphatic carbocycles. The molecule has 1 aliphatic heterocycles. The quantitative estimate of drug-likeness (QED) is 0.711. The van der Waals surface area contributed by atoms with Gasteiger partial charge in [0.15, 0.2) is 0 Å². The maximum Gasteiger partial charge on any atom is 0.253 e. The monoisotopic (exact) mass is 344 g/mol. The number of rotatable bonds is 3. The largest absolute Gasteiger partial charge is 0.337 e. The summed E-state index contributed by atoms with van der Waals surface area (Å²) in [5, 5.41) is 2.30. The molecular formula is C23H24N2O. The first-order valence-electron chi connectivity index (χ1n) is 9.34. The van der Waals surface area contributed by atoms with Crippen molar-refractivity contribution in [3.63, 3.8) is 0 Å². The van der Waals surface area contributed by atoms with Crippen molar-refractivity contribution >= 4 is 16.7 Å². The summed E-state index contributed by atoms with van der Waals surface area (Å²) in [5.74, 6) is 0.150. The van der Waals surface area contributed by atoms with E-state index in [4.69, 9.17) is 0 Å². The number of benzene rings is 3. The topological polar surface area (TPSA) is 23.6 Å². The van der Waals surface area contributed by atoms with E-state index < -0.39 is 0 Å². The van der Waals surface area contributed by atoms with Crippen molar-refractivity contribution in [3.05, 3.63) is 83.9 Å². The number of nitrogens with zero attached hydrogens (tertiary/aromatic N) is 2. The van der Waals surface area contributed by atoms with Gasteiger partial charge >= 0.3 is 0 Å². The third-order valence-electron chi connectivity index (χ3n) is 5.12. The smallest absolute Gasteiger partial charge is 0.253 e. The number of fused-ring (bicyclic) bond motifs is 1. The van der Waals surface area contributed by atoms with Crippen molar-refractivity contribution in [2.24, 2.45) is 0 Å². The fraction of sp³-hybridized carbons (Fsp3) is 0.261. The highest BCUT2D eigenvalue weighted by Gasteiger charge is 2.20. The Balaban J connectivity index is 1.43. The Morgan fingerprint density at radius 3 is 2.38 bits per heavy atom. The Morgan fingerprint density at radius 2 is 1.54 bits per heavy atom. The summed E-state index contributed by atoms with van der Waals surface area (Å²) in [6.07, 6.45) is 1.02. The second-order valence-electron chi connectivity index (χ2n) is 6.97. The molecule has 1 heterocycles. The summed E-state index contributed by atoms with van der Waals surface area (Å²) in [5.41, 5.74) is 2.13. The molecule has 0 unspecified atom stereocenters. The van der Waals surface area contributed by atoms with Crippen molar-refractivity contribution in [1.29, 1.82) is 0 Å². The first kappa shape index (κ1) is 16.8. The first-order chi connectivity index (χ1) is 12.8. The zero-order chi connectivity index (χ0) is 17.8. The van der Waals surface area contributed by atoms with Gasteiger partial charge in [-0.05, 0) is 34.9 Å². The summed E-state index contributed by atoms with van der Waals surface area (Å²) >= 11 is 0. The Bertz CT molecular complexity index is 891. The molecule has 0 bridgehead atoms. The summed E-state index contributed by atoms with van der Waals surface area (Å²) in [6, 6.07) is 24.8. The Labute approximate surface area is 154 Å². The Morgan fingerprint density at radius 1 is 0.769 bits per heavy atom. The molecule has 1 amide bonds. The third-order valence-corrected chi connectivity index (χ3v) is 5.12. The molecule has 0 radical (unpaired) electrons. The zero-order valence-electron chi connectivity index (χ0n) is 15.0. The van der Waals surface area contributed by atoms with Gasteiger partial charge in [0.2, 0.25) is 0 Å². The summed E-state index contributed by atoms with van der Waals surface area (Å²) in [6.45, 7) is 4.54. The van der Waals surface area contributed by atoms with E-state index in [1.807, 2.05) is 35.2 Å². The number of carbonyl (C=O) groups excluding carboxylic acids is 1. The maximum atomic E-state index is 13.0. The molecule has 0 spiro atoms. The number of carbonyl (C=O) groups is 1. The van der Waals surface area contributed by atoms with Crippen LogP contribution in [0.2, 0.25) is 0 Å². The molecule has 26 heavy (non-hydrogen) atoms. The molecule has 0 atom stereocenters. The van der Waals surface area contributed by atoms with Crippen molar-refractivity contribution in [2.45, 2.75) is 13.0 Å². The molecular weight excluding hydrogens is 320 g/mol. The van der Waals surface area contributed by atoms with Gasteiger partial charge in [0.25, 0.3) is 5.91 Å². The van der Waals surface area contributed by atoms with E-state index in [0.717, 1.165) is 50.1 Å². The van der Waals surface area contributed by atoms with E-state index in [0.29, 0.717) is 0 Å². The van der Waals surface area contributed by atoms with Crippen LogP contribution in [0.1, 0.15) is 22.3 Å². The molecule has 1 fully saturated rings. The standard InChI is InChI=1S/C23H24N2O/c26-23(22-12-11-20-9-4-5-10-21(20)17-22)25-14-6-13-24(15-16-25)18-19-7-2-1-3-8-19/h1-5,7-12,17H,6,13-16,18H2. The van der Waals surface area contributed by atoms with Crippen LogP contribution < -0.4 is 0 Å². The lowest BCUT2D eigenvalue weighted by molar-refractivity contribution is 0.0761. The van der Waals surface area contributed by atoms with Gasteiger partial charge in [-0.2, -0.15) is 0 Å². The lowest BCUT2D eigenvalue weighted by Crippen LogP contribution is -2.35. The highest BCUT2D eigenvalue weighted by molar-refractivity contribution is 5.98. The summed E-state index contributed by atoms with van der Waals surface area (Å²) in [7, 11) is 0. The van der Waals surface area contributed by atoms with Gasteiger partial charge in [0.05, 0.1) is 0 Å².